The molecule has 0 aliphatic carbocycles. The fourth-order valence-corrected chi connectivity index (χ4v) is 8.67. The summed E-state index contributed by atoms with van der Waals surface area (Å²) < 4.78 is 0. The molecule has 308 valence electrons. The Balaban J connectivity index is 1.40. The van der Waals surface area contributed by atoms with Crippen molar-refractivity contribution < 1.29 is 0 Å². The van der Waals surface area contributed by atoms with Gasteiger partial charge in [0.05, 0.1) is 5.69 Å². The maximum absolute atomic E-state index is 2.50. The van der Waals surface area contributed by atoms with Gasteiger partial charge in [-0.15, -0.1) is 0 Å². The molecule has 0 aliphatic rings. The van der Waals surface area contributed by atoms with Crippen molar-refractivity contribution in [3.8, 4) is 11.1 Å². The molecule has 2 nitrogen and oxygen atoms in total. The number of hydrogen-bond acceptors (Lipinski definition) is 2. The normalized spacial score (nSPS) is 12.6. The number of para-hydroxylation sites is 2. The van der Waals surface area contributed by atoms with E-state index in [-0.39, 0.29) is 10.8 Å². The number of hydrogen-bond donors (Lipinski definition) is 0. The molecule has 0 radical (unpaired) electrons. The lowest BCUT2D eigenvalue weighted by molar-refractivity contribution is 0.590. The highest BCUT2D eigenvalue weighted by atomic mass is 15.1. The summed E-state index contributed by atoms with van der Waals surface area (Å²) in [5, 5.41) is 4.97. The fraction of sp³-hybridized carbons (Fsp3) is 0.254. The third kappa shape index (κ3) is 8.34. The molecule has 0 bridgehead atoms. The highest BCUT2D eigenvalue weighted by molar-refractivity contribution is 6.22. The zero-order valence-electron chi connectivity index (χ0n) is 37.9. The molecule has 0 saturated heterocycles. The van der Waals surface area contributed by atoms with E-state index >= 15 is 0 Å². The number of anilines is 6. The van der Waals surface area contributed by atoms with Crippen molar-refractivity contribution in [1.82, 2.24) is 0 Å². The Morgan fingerprint density at radius 3 is 1.33 bits per heavy atom. The van der Waals surface area contributed by atoms with Crippen molar-refractivity contribution in [3.05, 3.63) is 192 Å². The van der Waals surface area contributed by atoms with Crippen LogP contribution in [0.5, 0.6) is 0 Å². The van der Waals surface area contributed by atoms with Crippen molar-refractivity contribution in [1.29, 1.82) is 0 Å². The first kappa shape index (κ1) is 41.6. The smallest absolute Gasteiger partial charge is 0.0618 e. The van der Waals surface area contributed by atoms with Crippen LogP contribution in [-0.4, -0.2) is 0 Å². The van der Waals surface area contributed by atoms with E-state index in [0.717, 1.165) is 34.9 Å². The molecule has 8 rings (SSSR count). The van der Waals surface area contributed by atoms with Crippen molar-refractivity contribution in [3.63, 3.8) is 0 Å². The average Bonchev–Trinajstić information content (AvgIpc) is 3.26. The minimum atomic E-state index is -0.0392. The maximum Gasteiger partial charge on any atom is 0.0618 e. The van der Waals surface area contributed by atoms with Crippen LogP contribution < -0.4 is 9.80 Å². The molecule has 61 heavy (non-hydrogen) atoms. The second kappa shape index (κ2) is 16.7. The Hall–Kier alpha value is -6.12. The van der Waals surface area contributed by atoms with Crippen molar-refractivity contribution >= 4 is 55.7 Å². The topological polar surface area (TPSA) is 6.48 Å². The predicted octanol–water partition coefficient (Wildman–Crippen LogP) is 17.8. The molecule has 0 saturated carbocycles. The van der Waals surface area contributed by atoms with Crippen molar-refractivity contribution in [2.75, 3.05) is 9.80 Å². The lowest BCUT2D eigenvalue weighted by atomic mass is 9.81. The molecule has 0 spiro atoms. The highest BCUT2D eigenvalue weighted by Crippen LogP contribution is 2.50. The maximum atomic E-state index is 2.50. The number of benzene rings is 8. The first-order chi connectivity index (χ1) is 29.2. The Morgan fingerprint density at radius 1 is 0.410 bits per heavy atom. The Kier molecular flexibility index (Phi) is 11.4. The van der Waals surface area contributed by atoms with E-state index in [2.05, 4.69) is 249 Å². The first-order valence-electron chi connectivity index (χ1n) is 22.3. The average molecular weight is 799 g/mol. The van der Waals surface area contributed by atoms with Gasteiger partial charge in [-0.2, -0.15) is 0 Å². The molecule has 0 aliphatic heterocycles. The molecule has 0 fully saturated rings. The van der Waals surface area contributed by atoms with Gasteiger partial charge in [0.15, 0.2) is 0 Å². The second-order valence-corrected chi connectivity index (χ2v) is 19.3. The molecule has 0 N–H and O–H groups in total. The molecule has 0 aromatic heterocycles. The first-order valence-corrected chi connectivity index (χ1v) is 22.3. The quantitative estimate of drug-likeness (QED) is 0.127. The summed E-state index contributed by atoms with van der Waals surface area (Å²) in [5.74, 6) is 0.977. The van der Waals surface area contributed by atoms with E-state index in [1.807, 2.05) is 0 Å². The van der Waals surface area contributed by atoms with E-state index in [0.29, 0.717) is 11.8 Å². The van der Waals surface area contributed by atoms with Crippen LogP contribution in [0.15, 0.2) is 170 Å². The van der Waals surface area contributed by atoms with Gasteiger partial charge in [0, 0.05) is 39.2 Å². The van der Waals surface area contributed by atoms with Gasteiger partial charge in [-0.3, -0.25) is 0 Å². The molecular formula is C59H62N2. The van der Waals surface area contributed by atoms with E-state index in [1.165, 1.54) is 60.6 Å². The number of rotatable bonds is 10. The molecular weight excluding hydrogens is 737 g/mol. The van der Waals surface area contributed by atoms with Gasteiger partial charge in [0.1, 0.15) is 0 Å². The van der Waals surface area contributed by atoms with E-state index in [1.54, 1.807) is 0 Å². The lowest BCUT2D eigenvalue weighted by Gasteiger charge is -2.31. The zero-order chi connectivity index (χ0) is 43.1. The zero-order valence-corrected chi connectivity index (χ0v) is 37.9. The van der Waals surface area contributed by atoms with Crippen LogP contribution >= 0.6 is 0 Å². The molecule has 0 heterocycles. The number of nitrogens with zero attached hydrogens (tertiary/aromatic N) is 2. The van der Waals surface area contributed by atoms with Crippen LogP contribution in [0.2, 0.25) is 0 Å². The van der Waals surface area contributed by atoms with Crippen LogP contribution in [0.25, 0.3) is 32.7 Å². The van der Waals surface area contributed by atoms with Gasteiger partial charge in [0.25, 0.3) is 0 Å². The monoisotopic (exact) mass is 798 g/mol. The van der Waals surface area contributed by atoms with Crippen LogP contribution in [0.4, 0.5) is 34.1 Å². The van der Waals surface area contributed by atoms with E-state index in [9.17, 15) is 0 Å². The summed E-state index contributed by atoms with van der Waals surface area (Å²) in [6.07, 6.45) is 1.12. The van der Waals surface area contributed by atoms with Gasteiger partial charge < -0.3 is 9.80 Å². The fourth-order valence-electron chi connectivity index (χ4n) is 8.67. The minimum absolute atomic E-state index is 0.0347. The van der Waals surface area contributed by atoms with Crippen LogP contribution in [0, 0.1) is 0 Å². The Bertz CT molecular complexity index is 2750. The highest BCUT2D eigenvalue weighted by Gasteiger charge is 2.26. The van der Waals surface area contributed by atoms with Gasteiger partial charge in [-0.25, -0.2) is 0 Å². The van der Waals surface area contributed by atoms with Crippen LogP contribution in [0.1, 0.15) is 110 Å². The van der Waals surface area contributed by atoms with E-state index in [4.69, 9.17) is 0 Å². The van der Waals surface area contributed by atoms with Crippen molar-refractivity contribution in [2.24, 2.45) is 0 Å². The van der Waals surface area contributed by atoms with E-state index < -0.39 is 0 Å². The Morgan fingerprint density at radius 2 is 0.836 bits per heavy atom. The predicted molar refractivity (Wildman–Crippen MR) is 266 cm³/mol. The molecule has 1 atom stereocenters. The summed E-state index contributed by atoms with van der Waals surface area (Å²) in [4.78, 5) is 4.87. The van der Waals surface area contributed by atoms with Crippen molar-refractivity contribution in [2.45, 2.75) is 98.3 Å². The third-order valence-electron chi connectivity index (χ3n) is 12.6. The summed E-state index contributed by atoms with van der Waals surface area (Å²) in [7, 11) is 0. The lowest BCUT2D eigenvalue weighted by Crippen LogP contribution is -2.14. The molecule has 1 unspecified atom stereocenters. The van der Waals surface area contributed by atoms with Crippen LogP contribution in [-0.2, 0) is 10.8 Å². The summed E-state index contributed by atoms with van der Waals surface area (Å²) in [6.45, 7) is 23.0. The van der Waals surface area contributed by atoms with Gasteiger partial charge in [-0.05, 0) is 146 Å². The SMILES string of the molecule is CCC(C)c1ccc(N(c2ccccc2)c2ccc(-c3c4cc(C(C)(C)C)ccc4c(N(c4ccccc4)c4ccc(C(C)C)cc4)c4cc(C(C)(C)C)ccc34)cc2)cc1. The van der Waals surface area contributed by atoms with Gasteiger partial charge in [0.2, 0.25) is 0 Å². The standard InChI is InChI=1S/C59H62N2/c1-11-41(4)43-24-32-49(33-25-43)60(47-18-14-12-15-19-47)50-34-26-44(27-35-50)56-52-36-28-46(59(8,9)10)39-55(52)57(53-37-29-45(38-54(53)56)58(5,6)7)61(48-20-16-13-17-21-48)51-30-22-42(23-31-51)40(2)3/h12-41H,11H2,1-10H3. The number of fused-ring (bicyclic) bond motifs is 2. The minimum Gasteiger partial charge on any atom is -0.311 e. The third-order valence-corrected chi connectivity index (χ3v) is 12.6. The summed E-state index contributed by atoms with van der Waals surface area (Å²) in [5.41, 5.74) is 14.6. The summed E-state index contributed by atoms with van der Waals surface area (Å²) >= 11 is 0. The van der Waals surface area contributed by atoms with Gasteiger partial charge in [-0.1, -0.05) is 166 Å². The molecule has 8 aromatic rings. The summed E-state index contributed by atoms with van der Waals surface area (Å²) in [6, 6.07) is 63.7. The molecule has 8 aromatic carbocycles. The largest absolute Gasteiger partial charge is 0.311 e. The molecule has 2 heteroatoms. The Labute approximate surface area is 365 Å². The molecule has 0 amide bonds. The second-order valence-electron chi connectivity index (χ2n) is 19.3. The van der Waals surface area contributed by atoms with Crippen LogP contribution in [0.3, 0.4) is 0 Å². The van der Waals surface area contributed by atoms with Gasteiger partial charge >= 0.3 is 0 Å².